The lowest BCUT2D eigenvalue weighted by Crippen LogP contribution is -2.37. The highest BCUT2D eigenvalue weighted by Gasteiger charge is 2.09. The van der Waals surface area contributed by atoms with Gasteiger partial charge in [0.05, 0.1) is 8.22 Å². The van der Waals surface area contributed by atoms with E-state index in [2.05, 4.69) is 5.32 Å². The Kier molecular flexibility index (Phi) is 3.63. The zero-order valence-corrected chi connectivity index (χ0v) is 15.4. The van der Waals surface area contributed by atoms with Gasteiger partial charge in [0.2, 0.25) is 0 Å². The van der Waals surface area contributed by atoms with Gasteiger partial charge in [-0.2, -0.15) is 0 Å². The Morgan fingerprint density at radius 3 is 1.46 bits per heavy atom. The van der Waals surface area contributed by atoms with Crippen molar-refractivity contribution in [1.29, 1.82) is 0 Å². The van der Waals surface area contributed by atoms with Crippen molar-refractivity contribution < 1.29 is 44.4 Å². The number of benzene rings is 2. The molecule has 0 saturated carbocycles. The third-order valence-electron chi connectivity index (χ3n) is 3.05. The summed E-state index contributed by atoms with van der Waals surface area (Å²) in [5.41, 5.74) is -3.74. The minimum atomic E-state index is -3.08. The Balaban J connectivity index is 0.0000106. The van der Waals surface area contributed by atoms with Gasteiger partial charge in [-0.25, -0.2) is 0 Å². The van der Waals surface area contributed by atoms with Gasteiger partial charge in [0.15, 0.2) is 0 Å². The van der Waals surface area contributed by atoms with Gasteiger partial charge in [-0.05, 0) is 73.8 Å². The number of hydrogen-bond donors (Lipinski definition) is 3. The molecule has 6 heteroatoms. The first kappa shape index (κ1) is 8.52. The minimum Gasteiger partial charge on any atom is -0.491 e. The summed E-state index contributed by atoms with van der Waals surface area (Å²) in [7, 11) is 0. The first-order valence-electron chi connectivity index (χ1n) is 16.8. The molecule has 0 aromatic heterocycles. The number of rotatable bonds is 10. The van der Waals surface area contributed by atoms with Crippen molar-refractivity contribution in [2.75, 3.05) is 26.3 Å². The van der Waals surface area contributed by atoms with E-state index < -0.39 is 123 Å². The molecule has 0 aliphatic carbocycles. The Morgan fingerprint density at radius 2 is 1.14 bits per heavy atom. The van der Waals surface area contributed by atoms with Gasteiger partial charge in [-0.3, -0.25) is 0 Å². The first-order chi connectivity index (χ1) is 20.2. The molecule has 2 aromatic rings. The van der Waals surface area contributed by atoms with Crippen LogP contribution in [0.15, 0.2) is 36.3 Å². The van der Waals surface area contributed by atoms with E-state index in [9.17, 15) is 10.2 Å². The van der Waals surface area contributed by atoms with Gasteiger partial charge in [0.25, 0.3) is 0 Å². The molecule has 0 saturated heterocycles. The molecule has 156 valence electrons. The molecule has 0 fully saturated rings. The highest BCUT2D eigenvalue weighted by atomic mass is 35.5. The van der Waals surface area contributed by atoms with Crippen LogP contribution in [0.2, 0.25) is 0 Å². The quantitative estimate of drug-likeness (QED) is 0.543. The average molecular weight is 428 g/mol. The van der Waals surface area contributed by atoms with E-state index in [4.69, 9.17) is 34.1 Å². The van der Waals surface area contributed by atoms with Crippen LogP contribution in [0.25, 0.3) is 0 Å². The smallest absolute Gasteiger partial charge is 0.119 e. The normalized spacial score (nSPS) is 23.9. The minimum absolute atomic E-state index is 0. The number of aliphatic hydroxyl groups is 2. The van der Waals surface area contributed by atoms with Crippen LogP contribution in [0.4, 0.5) is 0 Å². The summed E-state index contributed by atoms with van der Waals surface area (Å²) in [5, 5.41) is 23.2. The summed E-state index contributed by atoms with van der Waals surface area (Å²) in [5.74, 6) is -1.53. The van der Waals surface area contributed by atoms with Crippen molar-refractivity contribution in [2.24, 2.45) is 0 Å². The van der Waals surface area contributed by atoms with Crippen LogP contribution in [0.5, 0.6) is 11.5 Å². The van der Waals surface area contributed by atoms with Crippen LogP contribution in [0.1, 0.15) is 46.9 Å². The molecule has 5 nitrogen and oxygen atoms in total. The van der Waals surface area contributed by atoms with E-state index in [1.807, 2.05) is 0 Å². The standard InChI is InChI=1S/C22H31NO4.ClH/c1-15-5-16(2)8-21(7-15)26-13-19(24)11-23-12-20(25)14-27-22-9-17(3)6-18(4)10-22;/h5-10,19-20,23-25H,11-14H2,1-4H3;1H/i1D3,2D3,3D3,4D3,5D,6D,7D,8D,9D,10D;. The van der Waals surface area contributed by atoms with Gasteiger partial charge in [0.1, 0.15) is 36.9 Å². The molecule has 2 rings (SSSR count). The fourth-order valence-corrected chi connectivity index (χ4v) is 1.93. The molecule has 0 spiro atoms. The fourth-order valence-electron chi connectivity index (χ4n) is 1.93. The SMILES string of the molecule is Cl.[2H]c1c(OCC(O)CNCC(O)COc2c([2H])c(C([2H])([2H])[2H])c([2H])c(C([2H])([2H])[2H])c2[2H])c([2H])c(C([2H])([2H])[2H])c([2H])c1C([2H])([2H])[2H]. The van der Waals surface area contributed by atoms with E-state index in [1.54, 1.807) is 0 Å². The molecule has 2 atom stereocenters. The second kappa shape index (κ2) is 11.9. The number of aliphatic hydroxyl groups excluding tert-OH is 2. The maximum Gasteiger partial charge on any atom is 0.119 e. The predicted molar refractivity (Wildman–Crippen MR) is 115 cm³/mol. The zero-order valence-electron chi connectivity index (χ0n) is 32.6. The fraction of sp³-hybridized carbons (Fsp3) is 0.455. The Hall–Kier alpha value is -1.79. The van der Waals surface area contributed by atoms with Crippen LogP contribution in [-0.4, -0.2) is 48.7 Å². The van der Waals surface area contributed by atoms with Crippen molar-refractivity contribution in [1.82, 2.24) is 5.32 Å². The van der Waals surface area contributed by atoms with Crippen LogP contribution >= 0.6 is 12.4 Å². The summed E-state index contributed by atoms with van der Waals surface area (Å²) in [6, 6.07) is -5.65. The third-order valence-corrected chi connectivity index (χ3v) is 3.05. The van der Waals surface area contributed by atoms with Gasteiger partial charge in [0, 0.05) is 29.5 Å². The van der Waals surface area contributed by atoms with E-state index >= 15 is 0 Å². The second-order valence-corrected chi connectivity index (χ2v) is 5.50. The summed E-state index contributed by atoms with van der Waals surface area (Å²) >= 11 is 0. The van der Waals surface area contributed by atoms with E-state index in [-0.39, 0.29) is 25.5 Å². The second-order valence-electron chi connectivity index (χ2n) is 5.50. The highest BCUT2D eigenvalue weighted by molar-refractivity contribution is 5.85. The monoisotopic (exact) mass is 427 g/mol. The summed E-state index contributed by atoms with van der Waals surface area (Å²) in [4.78, 5) is 0. The lowest BCUT2D eigenvalue weighted by molar-refractivity contribution is 0.0857. The molecule has 3 N–H and O–H groups in total. The van der Waals surface area contributed by atoms with Crippen molar-refractivity contribution in [3.8, 4) is 11.5 Å². The number of nitrogens with one attached hydrogen (secondary N) is 1. The van der Waals surface area contributed by atoms with Crippen molar-refractivity contribution in [3.05, 3.63) is 58.5 Å². The van der Waals surface area contributed by atoms with Gasteiger partial charge in [-0.1, -0.05) is 12.1 Å². The Labute approximate surface area is 199 Å². The number of hydrogen-bond acceptors (Lipinski definition) is 5. The van der Waals surface area contributed by atoms with Gasteiger partial charge >= 0.3 is 0 Å². The van der Waals surface area contributed by atoms with Crippen molar-refractivity contribution in [2.45, 2.75) is 39.6 Å². The molecule has 0 bridgehead atoms. The Morgan fingerprint density at radius 1 is 0.786 bits per heavy atom. The van der Waals surface area contributed by atoms with Crippen LogP contribution < -0.4 is 14.8 Å². The van der Waals surface area contributed by atoms with Gasteiger partial charge in [-0.15, -0.1) is 12.4 Å². The van der Waals surface area contributed by atoms with Gasteiger partial charge < -0.3 is 25.0 Å². The summed E-state index contributed by atoms with van der Waals surface area (Å²) in [6.45, 7) is -14.3. The van der Waals surface area contributed by atoms with Crippen LogP contribution in [0.3, 0.4) is 0 Å². The highest BCUT2D eigenvalue weighted by Crippen LogP contribution is 2.17. The molecule has 0 aliphatic heterocycles. The molecule has 0 aliphatic rings. The molecular weight excluding hydrogens is 378 g/mol. The molecule has 0 radical (unpaired) electrons. The number of halogens is 1. The Bertz CT molecular complexity index is 1200. The third kappa shape index (κ3) is 8.93. The van der Waals surface area contributed by atoms with Crippen LogP contribution in [-0.2, 0) is 0 Å². The lowest BCUT2D eigenvalue weighted by atomic mass is 10.1. The maximum absolute atomic E-state index is 10.3. The average Bonchev–Trinajstić information content (AvgIpc) is 2.79. The molecule has 28 heavy (non-hydrogen) atoms. The largest absolute Gasteiger partial charge is 0.491 e. The lowest BCUT2D eigenvalue weighted by Gasteiger charge is -2.17. The summed E-state index contributed by atoms with van der Waals surface area (Å²) in [6.07, 6.45) is -2.85. The van der Waals surface area contributed by atoms with E-state index in [0.29, 0.717) is 0 Å². The molecule has 0 heterocycles. The molecule has 2 aromatic carbocycles. The summed E-state index contributed by atoms with van der Waals surface area (Å²) < 4.78 is 150. The van der Waals surface area contributed by atoms with Crippen molar-refractivity contribution in [3.63, 3.8) is 0 Å². The topological polar surface area (TPSA) is 71.0 Å². The maximum atomic E-state index is 10.3. The molecule has 2 unspecified atom stereocenters. The zero-order chi connectivity index (χ0) is 35.0. The number of ether oxygens (including phenoxy) is 2. The molecular formula is C22H32ClNO4. The van der Waals surface area contributed by atoms with E-state index in [1.165, 1.54) is 0 Å². The predicted octanol–water partition coefficient (Wildman–Crippen LogP) is 3.11. The van der Waals surface area contributed by atoms with Crippen LogP contribution in [0, 0.1) is 27.4 Å². The molecule has 0 amide bonds. The van der Waals surface area contributed by atoms with E-state index in [0.717, 1.165) is 0 Å². The first-order valence-corrected chi connectivity index (χ1v) is 7.84. The van der Waals surface area contributed by atoms with Crippen molar-refractivity contribution >= 4 is 12.4 Å².